The molecule has 3 rings (SSSR count). The molecule has 1 amide bonds. The highest BCUT2D eigenvalue weighted by Gasteiger charge is 2.11. The highest BCUT2D eigenvalue weighted by atomic mass is 19.1. The number of aryl methyl sites for hydroxylation is 2. The Morgan fingerprint density at radius 2 is 1.90 bits per heavy atom. The van der Waals surface area contributed by atoms with Crippen molar-refractivity contribution in [2.24, 2.45) is 0 Å². The SMILES string of the molecule is COc1cc2ncn(CCCC(=O)NCc3ccc(C)c(F)c3)c(=O)c2cc1OC. The number of aromatic nitrogens is 2. The van der Waals surface area contributed by atoms with Crippen LogP contribution in [0.3, 0.4) is 0 Å². The third-order valence-electron chi connectivity index (χ3n) is 4.86. The van der Waals surface area contributed by atoms with Crippen molar-refractivity contribution in [3.05, 3.63) is 64.0 Å². The van der Waals surface area contributed by atoms with E-state index in [0.29, 0.717) is 46.5 Å². The van der Waals surface area contributed by atoms with E-state index in [9.17, 15) is 14.0 Å². The van der Waals surface area contributed by atoms with E-state index >= 15 is 0 Å². The maximum atomic E-state index is 13.6. The summed E-state index contributed by atoms with van der Waals surface area (Å²) in [5.74, 6) is 0.497. The molecule has 30 heavy (non-hydrogen) atoms. The highest BCUT2D eigenvalue weighted by molar-refractivity contribution is 5.81. The van der Waals surface area contributed by atoms with Crippen LogP contribution in [0.4, 0.5) is 4.39 Å². The van der Waals surface area contributed by atoms with E-state index in [1.54, 1.807) is 31.2 Å². The summed E-state index contributed by atoms with van der Waals surface area (Å²) in [6.45, 7) is 2.30. The number of nitrogens with zero attached hydrogens (tertiary/aromatic N) is 2. The van der Waals surface area contributed by atoms with Crippen LogP contribution in [0.2, 0.25) is 0 Å². The average Bonchev–Trinajstić information content (AvgIpc) is 2.75. The molecule has 0 aliphatic carbocycles. The molecule has 0 radical (unpaired) electrons. The Bertz CT molecular complexity index is 1130. The topological polar surface area (TPSA) is 82.5 Å². The maximum absolute atomic E-state index is 13.6. The van der Waals surface area contributed by atoms with Crippen LogP contribution in [-0.2, 0) is 17.9 Å². The van der Waals surface area contributed by atoms with Crippen LogP contribution in [0.15, 0.2) is 41.5 Å². The Hall–Kier alpha value is -3.42. The van der Waals surface area contributed by atoms with E-state index in [-0.39, 0.29) is 30.2 Å². The molecule has 0 saturated carbocycles. The molecule has 0 aliphatic heterocycles. The second-order valence-electron chi connectivity index (χ2n) is 6.93. The van der Waals surface area contributed by atoms with Gasteiger partial charge in [-0.15, -0.1) is 0 Å². The summed E-state index contributed by atoms with van der Waals surface area (Å²) in [6, 6.07) is 8.14. The summed E-state index contributed by atoms with van der Waals surface area (Å²) in [5.41, 5.74) is 1.56. The standard InChI is InChI=1S/C22H24FN3O4/c1-14-6-7-15(9-17(14)23)12-24-21(27)5-4-8-26-13-25-18-11-20(30-3)19(29-2)10-16(18)22(26)28/h6-7,9-11,13H,4-5,8,12H2,1-3H3,(H,24,27). The summed E-state index contributed by atoms with van der Waals surface area (Å²) in [5, 5.41) is 3.18. The van der Waals surface area contributed by atoms with Gasteiger partial charge in [0.1, 0.15) is 5.82 Å². The molecule has 2 aromatic carbocycles. The zero-order chi connectivity index (χ0) is 21.7. The number of carbonyl (C=O) groups excluding carboxylic acids is 1. The molecule has 0 unspecified atom stereocenters. The molecule has 0 bridgehead atoms. The minimum Gasteiger partial charge on any atom is -0.493 e. The minimum atomic E-state index is -0.292. The van der Waals surface area contributed by atoms with Crippen LogP contribution < -0.4 is 20.3 Å². The molecular formula is C22H24FN3O4. The van der Waals surface area contributed by atoms with Gasteiger partial charge in [-0.05, 0) is 36.6 Å². The highest BCUT2D eigenvalue weighted by Crippen LogP contribution is 2.29. The molecule has 158 valence electrons. The minimum absolute atomic E-state index is 0.163. The normalized spacial score (nSPS) is 10.8. The molecule has 1 heterocycles. The quantitative estimate of drug-likeness (QED) is 0.614. The van der Waals surface area contributed by atoms with Gasteiger partial charge >= 0.3 is 0 Å². The number of hydrogen-bond donors (Lipinski definition) is 1. The molecule has 0 fully saturated rings. The maximum Gasteiger partial charge on any atom is 0.261 e. The molecule has 7 nitrogen and oxygen atoms in total. The number of amides is 1. The zero-order valence-corrected chi connectivity index (χ0v) is 17.2. The molecule has 8 heteroatoms. The number of benzene rings is 2. The Morgan fingerprint density at radius 1 is 1.17 bits per heavy atom. The van der Waals surface area contributed by atoms with E-state index in [1.807, 2.05) is 0 Å². The van der Waals surface area contributed by atoms with Crippen molar-refractivity contribution in [2.75, 3.05) is 14.2 Å². The number of nitrogens with one attached hydrogen (secondary N) is 1. The Kier molecular flexibility index (Phi) is 6.66. The smallest absolute Gasteiger partial charge is 0.261 e. The Balaban J connectivity index is 1.60. The van der Waals surface area contributed by atoms with Crippen LogP contribution in [0, 0.1) is 12.7 Å². The molecule has 1 N–H and O–H groups in total. The van der Waals surface area contributed by atoms with Crippen molar-refractivity contribution >= 4 is 16.8 Å². The predicted octanol–water partition coefficient (Wildman–Crippen LogP) is 2.96. The van der Waals surface area contributed by atoms with Crippen molar-refractivity contribution < 1.29 is 18.7 Å². The van der Waals surface area contributed by atoms with Crippen LogP contribution in [-0.4, -0.2) is 29.7 Å². The molecule has 1 aromatic heterocycles. The fraction of sp³-hybridized carbons (Fsp3) is 0.318. The van der Waals surface area contributed by atoms with Gasteiger partial charge in [0.05, 0.1) is 31.4 Å². The summed E-state index contributed by atoms with van der Waals surface area (Å²) in [7, 11) is 3.02. The fourth-order valence-electron chi connectivity index (χ4n) is 3.09. The van der Waals surface area contributed by atoms with Crippen molar-refractivity contribution in [3.63, 3.8) is 0 Å². The molecular weight excluding hydrogens is 389 g/mol. The van der Waals surface area contributed by atoms with Crippen LogP contribution in [0.5, 0.6) is 11.5 Å². The van der Waals surface area contributed by atoms with Gasteiger partial charge < -0.3 is 14.8 Å². The molecule has 0 saturated heterocycles. The number of ether oxygens (including phenoxy) is 2. The van der Waals surface area contributed by atoms with Crippen LogP contribution in [0.25, 0.3) is 10.9 Å². The largest absolute Gasteiger partial charge is 0.493 e. The van der Waals surface area contributed by atoms with E-state index < -0.39 is 0 Å². The first-order valence-electron chi connectivity index (χ1n) is 9.56. The molecule has 0 atom stereocenters. The number of rotatable bonds is 8. The summed E-state index contributed by atoms with van der Waals surface area (Å²) in [4.78, 5) is 29.1. The van der Waals surface area contributed by atoms with E-state index in [2.05, 4.69) is 10.3 Å². The summed E-state index contributed by atoms with van der Waals surface area (Å²) >= 11 is 0. The zero-order valence-electron chi connectivity index (χ0n) is 17.2. The first kappa shape index (κ1) is 21.3. The van der Waals surface area contributed by atoms with E-state index in [1.165, 1.54) is 31.2 Å². The molecule has 0 spiro atoms. The van der Waals surface area contributed by atoms with Gasteiger partial charge in [-0.3, -0.25) is 14.2 Å². The lowest BCUT2D eigenvalue weighted by Gasteiger charge is -2.11. The number of fused-ring (bicyclic) bond motifs is 1. The first-order valence-corrected chi connectivity index (χ1v) is 9.56. The van der Waals surface area contributed by atoms with Crippen molar-refractivity contribution in [2.45, 2.75) is 32.9 Å². The van der Waals surface area contributed by atoms with Crippen molar-refractivity contribution in [1.82, 2.24) is 14.9 Å². The Morgan fingerprint density at radius 3 is 2.60 bits per heavy atom. The lowest BCUT2D eigenvalue weighted by Crippen LogP contribution is -2.25. The fourth-order valence-corrected chi connectivity index (χ4v) is 3.09. The van der Waals surface area contributed by atoms with Crippen LogP contribution >= 0.6 is 0 Å². The van der Waals surface area contributed by atoms with Crippen LogP contribution in [0.1, 0.15) is 24.0 Å². The van der Waals surface area contributed by atoms with Crippen molar-refractivity contribution in [3.8, 4) is 11.5 Å². The van der Waals surface area contributed by atoms with Gasteiger partial charge in [0.15, 0.2) is 11.5 Å². The number of methoxy groups -OCH3 is 2. The lowest BCUT2D eigenvalue weighted by atomic mass is 10.1. The second kappa shape index (κ2) is 9.39. The Labute approximate surface area is 173 Å². The number of carbonyl (C=O) groups is 1. The van der Waals surface area contributed by atoms with Gasteiger partial charge in [0.2, 0.25) is 5.91 Å². The number of halogens is 1. The van der Waals surface area contributed by atoms with Gasteiger partial charge in [-0.1, -0.05) is 12.1 Å². The van der Waals surface area contributed by atoms with Gasteiger partial charge in [0, 0.05) is 25.6 Å². The van der Waals surface area contributed by atoms with Crippen molar-refractivity contribution in [1.29, 1.82) is 0 Å². The van der Waals surface area contributed by atoms with Gasteiger partial charge in [0.25, 0.3) is 5.56 Å². The third-order valence-corrected chi connectivity index (χ3v) is 4.86. The lowest BCUT2D eigenvalue weighted by molar-refractivity contribution is -0.121. The van der Waals surface area contributed by atoms with Gasteiger partial charge in [-0.25, -0.2) is 9.37 Å². The monoisotopic (exact) mass is 413 g/mol. The van der Waals surface area contributed by atoms with E-state index in [4.69, 9.17) is 9.47 Å². The van der Waals surface area contributed by atoms with E-state index in [0.717, 1.165) is 0 Å². The summed E-state index contributed by atoms with van der Waals surface area (Å²) in [6.07, 6.45) is 2.17. The molecule has 0 aliphatic rings. The number of hydrogen-bond acceptors (Lipinski definition) is 5. The third kappa shape index (κ3) is 4.76. The molecule has 3 aromatic rings. The first-order chi connectivity index (χ1) is 14.4. The predicted molar refractivity (Wildman–Crippen MR) is 111 cm³/mol. The second-order valence-corrected chi connectivity index (χ2v) is 6.93. The van der Waals surface area contributed by atoms with Gasteiger partial charge in [-0.2, -0.15) is 0 Å². The average molecular weight is 413 g/mol. The summed E-state index contributed by atoms with van der Waals surface area (Å²) < 4.78 is 25.5.